The lowest BCUT2D eigenvalue weighted by atomic mass is 10.2. The van der Waals surface area contributed by atoms with Crippen molar-refractivity contribution in [2.75, 3.05) is 0 Å². The van der Waals surface area contributed by atoms with E-state index in [0.717, 1.165) is 17.0 Å². The van der Waals surface area contributed by atoms with Crippen molar-refractivity contribution in [1.82, 2.24) is 14.9 Å². The van der Waals surface area contributed by atoms with Gasteiger partial charge >= 0.3 is 5.69 Å². The lowest BCUT2D eigenvalue weighted by Gasteiger charge is -2.07. The molecule has 0 unspecified atom stereocenters. The molecule has 0 saturated carbocycles. The van der Waals surface area contributed by atoms with Crippen LogP contribution in [0.25, 0.3) is 0 Å². The summed E-state index contributed by atoms with van der Waals surface area (Å²) < 4.78 is 1.58. The van der Waals surface area contributed by atoms with Crippen LogP contribution in [0.5, 0.6) is 0 Å². The van der Waals surface area contributed by atoms with Gasteiger partial charge in [0.25, 0.3) is 0 Å². The summed E-state index contributed by atoms with van der Waals surface area (Å²) in [4.78, 5) is 26.2. The molecule has 0 bridgehead atoms. The van der Waals surface area contributed by atoms with Crippen molar-refractivity contribution in [3.63, 3.8) is 0 Å². The van der Waals surface area contributed by atoms with Gasteiger partial charge < -0.3 is 10.3 Å². The summed E-state index contributed by atoms with van der Waals surface area (Å²) >= 11 is 5.88. The van der Waals surface area contributed by atoms with Crippen molar-refractivity contribution in [1.29, 1.82) is 0 Å². The monoisotopic (exact) mass is 307 g/mol. The number of carbonyl (C=O) groups is 1. The predicted molar refractivity (Wildman–Crippen MR) is 82.4 cm³/mol. The number of nitrogens with one attached hydrogen (secondary N) is 2. The second-order valence-corrected chi connectivity index (χ2v) is 5.39. The first-order valence-electron chi connectivity index (χ1n) is 6.74. The molecule has 0 aliphatic carbocycles. The zero-order valence-electron chi connectivity index (χ0n) is 12.1. The fourth-order valence-corrected chi connectivity index (χ4v) is 2.30. The molecule has 0 aliphatic heterocycles. The number of nitrogens with zero attached hydrogens (tertiary/aromatic N) is 1. The number of aromatic amines is 1. The summed E-state index contributed by atoms with van der Waals surface area (Å²) in [6.45, 7) is 4.50. The fraction of sp³-hybridized carbons (Fsp3) is 0.333. The van der Waals surface area contributed by atoms with Crippen molar-refractivity contribution >= 4 is 17.5 Å². The number of H-pyrrole nitrogens is 1. The van der Waals surface area contributed by atoms with E-state index in [4.69, 9.17) is 11.6 Å². The zero-order valence-corrected chi connectivity index (χ0v) is 12.8. The maximum atomic E-state index is 11.8. The number of halogens is 1. The summed E-state index contributed by atoms with van der Waals surface area (Å²) in [5.74, 6) is -0.0971. The number of aryl methyl sites for hydroxylation is 1. The van der Waals surface area contributed by atoms with Crippen LogP contribution in [0.3, 0.4) is 0 Å². The molecular weight excluding hydrogens is 290 g/mol. The molecule has 21 heavy (non-hydrogen) atoms. The standard InChI is InChI=1S/C15H18ClN3O2/c1-10-11(2)19(15(21)18-10)7-6-14(20)17-9-12-4-3-5-13(16)8-12/h3-5,8H,6-7,9H2,1-2H3,(H,17,20)(H,18,21). The number of imidazole rings is 1. The number of aromatic nitrogens is 2. The SMILES string of the molecule is Cc1[nH]c(=O)n(CCC(=O)NCc2cccc(Cl)c2)c1C. The van der Waals surface area contributed by atoms with Crippen LogP contribution in [0.2, 0.25) is 5.02 Å². The second-order valence-electron chi connectivity index (χ2n) is 4.95. The van der Waals surface area contributed by atoms with Gasteiger partial charge in [0.15, 0.2) is 0 Å². The third-order valence-electron chi connectivity index (χ3n) is 3.43. The predicted octanol–water partition coefficient (Wildman–Crippen LogP) is 2.15. The lowest BCUT2D eigenvalue weighted by molar-refractivity contribution is -0.121. The van der Waals surface area contributed by atoms with Gasteiger partial charge in [-0.05, 0) is 31.5 Å². The summed E-state index contributed by atoms with van der Waals surface area (Å²) in [7, 11) is 0. The number of amides is 1. The Morgan fingerprint density at radius 3 is 2.76 bits per heavy atom. The van der Waals surface area contributed by atoms with E-state index < -0.39 is 0 Å². The van der Waals surface area contributed by atoms with Crippen LogP contribution in [0.4, 0.5) is 0 Å². The molecule has 2 aromatic rings. The normalized spacial score (nSPS) is 10.6. The molecule has 2 N–H and O–H groups in total. The first-order valence-corrected chi connectivity index (χ1v) is 7.12. The molecular formula is C15H18ClN3O2. The minimum Gasteiger partial charge on any atom is -0.352 e. The number of carbonyl (C=O) groups excluding carboxylic acids is 1. The Morgan fingerprint density at radius 2 is 2.14 bits per heavy atom. The Hall–Kier alpha value is -2.01. The van der Waals surface area contributed by atoms with Crippen molar-refractivity contribution in [2.24, 2.45) is 0 Å². The number of hydrogen-bond donors (Lipinski definition) is 2. The van der Waals surface area contributed by atoms with Crippen LogP contribution >= 0.6 is 11.6 Å². The Morgan fingerprint density at radius 1 is 1.38 bits per heavy atom. The van der Waals surface area contributed by atoms with E-state index in [1.807, 2.05) is 32.0 Å². The van der Waals surface area contributed by atoms with E-state index >= 15 is 0 Å². The Labute approximate surface area is 127 Å². The molecule has 0 saturated heterocycles. The molecule has 1 aromatic heterocycles. The molecule has 0 radical (unpaired) electrons. The van der Waals surface area contributed by atoms with Gasteiger partial charge in [0, 0.05) is 35.9 Å². The topological polar surface area (TPSA) is 66.9 Å². The van der Waals surface area contributed by atoms with E-state index in [1.165, 1.54) is 0 Å². The van der Waals surface area contributed by atoms with Gasteiger partial charge in [0.1, 0.15) is 0 Å². The highest BCUT2D eigenvalue weighted by Gasteiger charge is 2.08. The highest BCUT2D eigenvalue weighted by molar-refractivity contribution is 6.30. The maximum absolute atomic E-state index is 11.8. The first kappa shape index (κ1) is 15.4. The van der Waals surface area contributed by atoms with Crippen molar-refractivity contribution < 1.29 is 4.79 Å². The van der Waals surface area contributed by atoms with Gasteiger partial charge in [0.05, 0.1) is 0 Å². The number of benzene rings is 1. The van der Waals surface area contributed by atoms with Gasteiger partial charge in [-0.25, -0.2) is 4.79 Å². The third-order valence-corrected chi connectivity index (χ3v) is 3.66. The van der Waals surface area contributed by atoms with E-state index in [0.29, 0.717) is 18.1 Å². The largest absolute Gasteiger partial charge is 0.352 e. The van der Waals surface area contributed by atoms with Crippen molar-refractivity contribution in [3.8, 4) is 0 Å². The minimum absolute atomic E-state index is 0.0971. The summed E-state index contributed by atoms with van der Waals surface area (Å²) in [5, 5.41) is 3.46. The summed E-state index contributed by atoms with van der Waals surface area (Å²) in [6, 6.07) is 7.34. The quantitative estimate of drug-likeness (QED) is 0.889. The molecule has 5 nitrogen and oxygen atoms in total. The van der Waals surface area contributed by atoms with Gasteiger partial charge in [0.2, 0.25) is 5.91 Å². The molecule has 1 amide bonds. The molecule has 0 atom stereocenters. The van der Waals surface area contributed by atoms with Crippen LogP contribution in [-0.2, 0) is 17.9 Å². The van der Waals surface area contributed by atoms with E-state index in [9.17, 15) is 9.59 Å². The summed E-state index contributed by atoms with van der Waals surface area (Å²) in [6.07, 6.45) is 0.263. The molecule has 6 heteroatoms. The fourth-order valence-electron chi connectivity index (χ4n) is 2.09. The second kappa shape index (κ2) is 6.63. The van der Waals surface area contributed by atoms with Crippen LogP contribution in [0, 0.1) is 13.8 Å². The third kappa shape index (κ3) is 3.98. The van der Waals surface area contributed by atoms with Crippen molar-refractivity contribution in [3.05, 3.63) is 56.7 Å². The Bertz CT molecular complexity index is 703. The van der Waals surface area contributed by atoms with Crippen LogP contribution in [0.15, 0.2) is 29.1 Å². The van der Waals surface area contributed by atoms with E-state index in [2.05, 4.69) is 10.3 Å². The molecule has 1 aromatic carbocycles. The average molecular weight is 308 g/mol. The van der Waals surface area contributed by atoms with Crippen LogP contribution in [-0.4, -0.2) is 15.5 Å². The Kier molecular flexibility index (Phi) is 4.85. The zero-order chi connectivity index (χ0) is 15.4. The number of hydrogen-bond acceptors (Lipinski definition) is 2. The van der Waals surface area contributed by atoms with Gasteiger partial charge in [-0.1, -0.05) is 23.7 Å². The summed E-state index contributed by atoms with van der Waals surface area (Å²) in [5.41, 5.74) is 2.47. The Balaban J connectivity index is 1.86. The highest BCUT2D eigenvalue weighted by Crippen LogP contribution is 2.10. The van der Waals surface area contributed by atoms with Crippen LogP contribution < -0.4 is 11.0 Å². The van der Waals surface area contributed by atoms with E-state index in [-0.39, 0.29) is 18.0 Å². The van der Waals surface area contributed by atoms with Gasteiger partial charge in [-0.2, -0.15) is 0 Å². The molecule has 0 spiro atoms. The van der Waals surface area contributed by atoms with Crippen molar-refractivity contribution in [2.45, 2.75) is 33.4 Å². The van der Waals surface area contributed by atoms with Gasteiger partial charge in [-0.3, -0.25) is 9.36 Å². The molecule has 0 fully saturated rings. The minimum atomic E-state index is -0.173. The molecule has 112 valence electrons. The van der Waals surface area contributed by atoms with E-state index in [1.54, 1.807) is 10.6 Å². The molecule has 1 heterocycles. The lowest BCUT2D eigenvalue weighted by Crippen LogP contribution is -2.26. The highest BCUT2D eigenvalue weighted by atomic mass is 35.5. The average Bonchev–Trinajstić information content (AvgIpc) is 2.68. The molecule has 2 rings (SSSR count). The van der Waals surface area contributed by atoms with Gasteiger partial charge in [-0.15, -0.1) is 0 Å². The molecule has 0 aliphatic rings. The maximum Gasteiger partial charge on any atom is 0.325 e. The number of rotatable bonds is 5. The van der Waals surface area contributed by atoms with Crippen LogP contribution in [0.1, 0.15) is 23.4 Å². The first-order chi connectivity index (χ1) is 9.97. The smallest absolute Gasteiger partial charge is 0.325 e.